The summed E-state index contributed by atoms with van der Waals surface area (Å²) in [5, 5.41) is 33.8. The molecule has 14 nitrogen and oxygen atoms in total. The lowest BCUT2D eigenvalue weighted by atomic mass is 9.78. The molecule has 14 heteroatoms. The summed E-state index contributed by atoms with van der Waals surface area (Å²) in [5.41, 5.74) is 0.394. The molecule has 1 aliphatic carbocycles. The van der Waals surface area contributed by atoms with Crippen LogP contribution in [0.1, 0.15) is 131 Å². The topological polar surface area (TPSA) is 195 Å². The molecule has 4 rings (SSSR count). The second-order valence-corrected chi connectivity index (χ2v) is 19.4. The summed E-state index contributed by atoms with van der Waals surface area (Å²) < 4.78 is 29.4. The van der Waals surface area contributed by atoms with Crippen LogP contribution >= 0.6 is 0 Å². The molecular formula is C50H79NO13. The van der Waals surface area contributed by atoms with Gasteiger partial charge in [-0.05, 0) is 107 Å². The zero-order valence-electron chi connectivity index (χ0n) is 39.9. The fourth-order valence-corrected chi connectivity index (χ4v) is 10.0. The van der Waals surface area contributed by atoms with Crippen molar-refractivity contribution in [2.75, 3.05) is 27.9 Å². The Balaban J connectivity index is 1.67. The molecule has 0 aromatic heterocycles. The number of methoxy groups -OCH3 is 3. The van der Waals surface area contributed by atoms with Crippen LogP contribution in [-0.4, -0.2) is 132 Å². The van der Waals surface area contributed by atoms with Crippen molar-refractivity contribution in [1.29, 1.82) is 0 Å². The minimum atomic E-state index is -2.41. The SMILES string of the molecule is CO[C@H]1C[C@@H]2CC[C@@H](C)[C@@](O)(O2)C(=O)C(=O)N2CCCC[C@H]2C(=O)O[C@H]([C@H](C)C[C@H]2CC[C@@H](O)[C@H](OC)C2)CC(=O)[C@H](C)/C=C(/C)[C@@H](O)[C@@H](OC)C(=O)[C@H](C)CC/C=C/C=C/CC1C. The van der Waals surface area contributed by atoms with Gasteiger partial charge in [0.05, 0.1) is 24.4 Å². The Morgan fingerprint density at radius 1 is 0.859 bits per heavy atom. The van der Waals surface area contributed by atoms with Crippen LogP contribution in [0.25, 0.3) is 0 Å². The van der Waals surface area contributed by atoms with Crippen LogP contribution in [0.5, 0.6) is 0 Å². The van der Waals surface area contributed by atoms with E-state index in [9.17, 15) is 39.3 Å². The molecular weight excluding hydrogens is 823 g/mol. The van der Waals surface area contributed by atoms with Crippen molar-refractivity contribution < 1.29 is 63.0 Å². The summed E-state index contributed by atoms with van der Waals surface area (Å²) in [4.78, 5) is 71.6. The van der Waals surface area contributed by atoms with Gasteiger partial charge in [0.15, 0.2) is 5.78 Å². The molecule has 362 valence electrons. The number of esters is 1. The number of carbonyl (C=O) groups is 5. The number of aliphatic hydroxyl groups excluding tert-OH is 2. The summed E-state index contributed by atoms with van der Waals surface area (Å²) in [5.74, 6) is -7.78. The molecule has 1 saturated carbocycles. The van der Waals surface area contributed by atoms with Crippen molar-refractivity contribution in [1.82, 2.24) is 4.90 Å². The number of piperidine rings is 1. The van der Waals surface area contributed by atoms with Crippen LogP contribution in [0.15, 0.2) is 36.0 Å². The molecule has 0 aromatic rings. The summed E-state index contributed by atoms with van der Waals surface area (Å²) in [6, 6.07) is -1.13. The predicted octanol–water partition coefficient (Wildman–Crippen LogP) is 6.01. The number of carbonyl (C=O) groups excluding carboxylic acids is 5. The van der Waals surface area contributed by atoms with E-state index in [1.807, 2.05) is 38.2 Å². The molecule has 3 N–H and O–H groups in total. The van der Waals surface area contributed by atoms with E-state index < -0.39 is 77.8 Å². The van der Waals surface area contributed by atoms with Gasteiger partial charge in [-0.2, -0.15) is 0 Å². The Morgan fingerprint density at radius 2 is 1.56 bits per heavy atom. The molecule has 4 aliphatic rings. The number of fused-ring (bicyclic) bond motifs is 3. The first kappa shape index (κ1) is 53.5. The van der Waals surface area contributed by atoms with Gasteiger partial charge in [-0.15, -0.1) is 0 Å². The van der Waals surface area contributed by atoms with E-state index in [1.54, 1.807) is 41.1 Å². The number of rotatable bonds is 6. The van der Waals surface area contributed by atoms with E-state index in [1.165, 1.54) is 12.0 Å². The van der Waals surface area contributed by atoms with Gasteiger partial charge < -0.3 is 43.9 Å². The maximum atomic E-state index is 14.3. The number of Topliss-reactive ketones (excluding diaryl/α,β-unsaturated/α-hetero) is 3. The lowest BCUT2D eigenvalue weighted by molar-refractivity contribution is -0.267. The van der Waals surface area contributed by atoms with Crippen LogP contribution in [0.2, 0.25) is 0 Å². The fraction of sp³-hybridized carbons (Fsp3) is 0.780. The Morgan fingerprint density at radius 3 is 2.25 bits per heavy atom. The number of cyclic esters (lactones) is 1. The minimum Gasteiger partial charge on any atom is -0.460 e. The van der Waals surface area contributed by atoms with Crippen LogP contribution in [0.3, 0.4) is 0 Å². The van der Waals surface area contributed by atoms with E-state index in [4.69, 9.17) is 23.7 Å². The van der Waals surface area contributed by atoms with Gasteiger partial charge in [-0.1, -0.05) is 65.0 Å². The van der Waals surface area contributed by atoms with Crippen LogP contribution in [0, 0.1) is 35.5 Å². The van der Waals surface area contributed by atoms with Crippen molar-refractivity contribution in [3.8, 4) is 0 Å². The molecule has 64 heavy (non-hydrogen) atoms. The van der Waals surface area contributed by atoms with E-state index in [-0.39, 0.29) is 60.9 Å². The average Bonchev–Trinajstić information content (AvgIpc) is 3.28. The van der Waals surface area contributed by atoms with Crippen molar-refractivity contribution in [3.05, 3.63) is 36.0 Å². The molecule has 3 aliphatic heterocycles. The van der Waals surface area contributed by atoms with Crippen LogP contribution < -0.4 is 0 Å². The standard InChI is InChI=1S/C50H79NO13/c1-30-17-13-11-10-12-14-18-31(2)44(54)46(62-9)45(55)34(5)25-32(3)40(53)29-42(33(4)26-36-21-23-39(52)43(27-36)61-8)63-49(58)38-19-15-16-24-51(38)48(57)47(56)50(59)35(6)20-22-37(64-50)28-41(30)60-7/h10-13,25,30-33,35-39,41-43,45-46,52,55,59H,14-24,26-29H2,1-9H3/b12-10+,13-11+,34-25-/t30?,31-,32-,33-,35-,36-,37+,38+,39-,41+,42+,43-,45-,46+,50-/m1/s1. The lowest BCUT2D eigenvalue weighted by Crippen LogP contribution is -2.61. The summed E-state index contributed by atoms with van der Waals surface area (Å²) in [6.07, 6.45) is 11.2. The van der Waals surface area contributed by atoms with Crippen molar-refractivity contribution in [3.63, 3.8) is 0 Å². The first-order chi connectivity index (χ1) is 30.4. The highest BCUT2D eigenvalue weighted by molar-refractivity contribution is 6.39. The Bertz CT molecular complexity index is 1660. The molecule has 2 saturated heterocycles. The number of aliphatic hydroxyl groups is 3. The number of allylic oxidation sites excluding steroid dienone is 5. The maximum absolute atomic E-state index is 14.3. The van der Waals surface area contributed by atoms with Crippen LogP contribution in [-0.2, 0) is 47.7 Å². The third-order valence-electron chi connectivity index (χ3n) is 14.6. The Labute approximate surface area is 381 Å². The zero-order chi connectivity index (χ0) is 47.3. The number of hydrogen-bond donors (Lipinski definition) is 3. The summed E-state index contributed by atoms with van der Waals surface area (Å²) in [6.45, 7) is 10.9. The second-order valence-electron chi connectivity index (χ2n) is 19.4. The zero-order valence-corrected chi connectivity index (χ0v) is 39.9. The first-order valence-electron chi connectivity index (χ1n) is 23.8. The fourth-order valence-electron chi connectivity index (χ4n) is 10.0. The summed E-state index contributed by atoms with van der Waals surface area (Å²) in [7, 11) is 4.56. The Hall–Kier alpha value is -3.11. The summed E-state index contributed by atoms with van der Waals surface area (Å²) >= 11 is 0. The monoisotopic (exact) mass is 902 g/mol. The third-order valence-corrected chi connectivity index (χ3v) is 14.6. The van der Waals surface area contributed by atoms with Gasteiger partial charge in [0, 0.05) is 58.5 Å². The lowest BCUT2D eigenvalue weighted by Gasteiger charge is -2.43. The largest absolute Gasteiger partial charge is 0.460 e. The minimum absolute atomic E-state index is 0.0504. The van der Waals surface area contributed by atoms with Gasteiger partial charge in [-0.3, -0.25) is 19.2 Å². The molecule has 3 fully saturated rings. The average molecular weight is 902 g/mol. The van der Waals surface area contributed by atoms with Crippen molar-refractivity contribution in [2.24, 2.45) is 35.5 Å². The van der Waals surface area contributed by atoms with Gasteiger partial charge >= 0.3 is 5.97 Å². The molecule has 2 bridgehead atoms. The maximum Gasteiger partial charge on any atom is 0.329 e. The molecule has 1 unspecified atom stereocenters. The van der Waals surface area contributed by atoms with Gasteiger partial charge in [0.25, 0.3) is 11.7 Å². The van der Waals surface area contributed by atoms with Crippen molar-refractivity contribution in [2.45, 2.75) is 186 Å². The highest BCUT2D eigenvalue weighted by Crippen LogP contribution is 2.38. The number of hydrogen-bond acceptors (Lipinski definition) is 13. The number of ketones is 3. The molecule has 1 amide bonds. The molecule has 0 spiro atoms. The van der Waals surface area contributed by atoms with Crippen molar-refractivity contribution >= 4 is 29.2 Å². The third kappa shape index (κ3) is 14.0. The molecule has 0 aromatic carbocycles. The van der Waals surface area contributed by atoms with Gasteiger partial charge in [0.1, 0.15) is 30.1 Å². The van der Waals surface area contributed by atoms with Gasteiger partial charge in [0.2, 0.25) is 5.79 Å². The highest BCUT2D eigenvalue weighted by atomic mass is 16.6. The van der Waals surface area contributed by atoms with E-state index in [2.05, 4.69) is 6.92 Å². The number of amides is 1. The molecule has 3 heterocycles. The van der Waals surface area contributed by atoms with E-state index in [0.29, 0.717) is 76.2 Å². The first-order valence-corrected chi connectivity index (χ1v) is 23.8. The molecule has 0 radical (unpaired) electrons. The Kier molecular flexibility index (Phi) is 21.0. The number of ether oxygens (including phenoxy) is 5. The smallest absolute Gasteiger partial charge is 0.329 e. The van der Waals surface area contributed by atoms with Crippen LogP contribution in [0.4, 0.5) is 0 Å². The highest BCUT2D eigenvalue weighted by Gasteiger charge is 2.53. The predicted molar refractivity (Wildman–Crippen MR) is 241 cm³/mol. The number of nitrogens with zero attached hydrogens (tertiary/aromatic N) is 1. The van der Waals surface area contributed by atoms with E-state index >= 15 is 0 Å². The molecule has 15 atom stereocenters. The quantitative estimate of drug-likeness (QED) is 0.159. The normalized spacial score (nSPS) is 40.1. The van der Waals surface area contributed by atoms with Gasteiger partial charge in [-0.25, -0.2) is 4.79 Å². The second kappa shape index (κ2) is 25.1. The van der Waals surface area contributed by atoms with E-state index in [0.717, 1.165) is 6.42 Å².